The molecule has 0 bridgehead atoms. The number of hydrazone groups is 1. The number of amides is 1. The molecule has 2 heterocycles. The summed E-state index contributed by atoms with van der Waals surface area (Å²) >= 11 is 0. The molecule has 0 spiro atoms. The maximum Gasteiger partial charge on any atom is 0.243 e. The first-order chi connectivity index (χ1) is 15.0. The molecule has 0 radical (unpaired) electrons. The maximum absolute atomic E-state index is 14.4. The number of halogens is 1. The number of aromatic nitrogens is 2. The summed E-state index contributed by atoms with van der Waals surface area (Å²) in [6.45, 7) is 6.39. The van der Waals surface area contributed by atoms with Crippen LogP contribution < -0.4 is 0 Å². The average Bonchev–Trinajstić information content (AvgIpc) is 3.39. The number of carbonyl (C=O) groups is 1. The Balaban J connectivity index is 1.38. The van der Waals surface area contributed by atoms with Crippen molar-refractivity contribution >= 4 is 23.0 Å². The molecule has 0 N–H and O–H groups in total. The van der Waals surface area contributed by atoms with E-state index < -0.39 is 6.04 Å². The van der Waals surface area contributed by atoms with Gasteiger partial charge in [0.25, 0.3) is 0 Å². The summed E-state index contributed by atoms with van der Waals surface area (Å²) in [7, 11) is 0. The van der Waals surface area contributed by atoms with E-state index in [0.717, 1.165) is 22.0 Å². The van der Waals surface area contributed by atoms with Crippen molar-refractivity contribution in [3.05, 3.63) is 77.3 Å². The molecule has 1 aromatic heterocycles. The fourth-order valence-electron chi connectivity index (χ4n) is 3.79. The molecule has 2 aromatic carbocycles. The monoisotopic (exact) mass is 415 g/mol. The van der Waals surface area contributed by atoms with Gasteiger partial charge in [0.05, 0.1) is 35.9 Å². The lowest BCUT2D eigenvalue weighted by Crippen LogP contribution is -2.27. The molecule has 0 aliphatic carbocycles. The fraction of sp³-hybridized carbons (Fsp3) is 0.250. The van der Waals surface area contributed by atoms with Gasteiger partial charge in [-0.1, -0.05) is 24.3 Å². The van der Waals surface area contributed by atoms with Crippen molar-refractivity contribution < 1.29 is 9.18 Å². The van der Waals surface area contributed by atoms with E-state index in [4.69, 9.17) is 5.26 Å². The van der Waals surface area contributed by atoms with Crippen molar-refractivity contribution in [2.75, 3.05) is 0 Å². The smallest absolute Gasteiger partial charge is 0.243 e. The second kappa shape index (κ2) is 8.52. The lowest BCUT2D eigenvalue weighted by atomic mass is 10.0. The predicted molar refractivity (Wildman–Crippen MR) is 117 cm³/mol. The van der Waals surface area contributed by atoms with Gasteiger partial charge in [-0.2, -0.15) is 15.5 Å². The summed E-state index contributed by atoms with van der Waals surface area (Å²) < 4.78 is 16.2. The Hall–Kier alpha value is -3.79. The Morgan fingerprint density at radius 3 is 2.90 bits per heavy atom. The predicted octanol–water partition coefficient (Wildman–Crippen LogP) is 4.65. The first-order valence-corrected chi connectivity index (χ1v) is 10.1. The number of allylic oxidation sites excluding steroid dienone is 1. The number of nitrogens with zero attached hydrogens (tertiary/aromatic N) is 5. The highest BCUT2D eigenvalue weighted by Gasteiger charge is 2.29. The van der Waals surface area contributed by atoms with Gasteiger partial charge in [-0.3, -0.25) is 9.48 Å². The van der Waals surface area contributed by atoms with E-state index in [1.54, 1.807) is 30.6 Å². The molecule has 3 aromatic rings. The quantitative estimate of drug-likeness (QED) is 0.550. The minimum atomic E-state index is -0.411. The van der Waals surface area contributed by atoms with Crippen LogP contribution >= 0.6 is 0 Å². The van der Waals surface area contributed by atoms with Gasteiger partial charge in [0.1, 0.15) is 5.82 Å². The van der Waals surface area contributed by atoms with Gasteiger partial charge < -0.3 is 0 Å². The zero-order valence-electron chi connectivity index (χ0n) is 17.3. The number of benzene rings is 2. The largest absolute Gasteiger partial charge is 0.273 e. The zero-order valence-corrected chi connectivity index (χ0v) is 17.3. The van der Waals surface area contributed by atoms with Crippen molar-refractivity contribution in [1.82, 2.24) is 14.8 Å². The SMILES string of the molecule is C=C(CCC(=O)N1N=CCC1c1ccc(C)cc1F)Cn1ncc2cc(C#N)ccc21. The van der Waals surface area contributed by atoms with Crippen molar-refractivity contribution in [1.29, 1.82) is 5.26 Å². The molecular weight excluding hydrogens is 393 g/mol. The van der Waals surface area contributed by atoms with Crippen LogP contribution in [0.3, 0.4) is 0 Å². The second-order valence-corrected chi connectivity index (χ2v) is 7.75. The Labute approximate surface area is 179 Å². The highest BCUT2D eigenvalue weighted by Crippen LogP contribution is 2.31. The lowest BCUT2D eigenvalue weighted by molar-refractivity contribution is -0.133. The summed E-state index contributed by atoms with van der Waals surface area (Å²) in [6.07, 6.45) is 4.58. The van der Waals surface area contributed by atoms with E-state index in [0.29, 0.717) is 30.5 Å². The summed E-state index contributed by atoms with van der Waals surface area (Å²) in [5, 5.41) is 19.8. The highest BCUT2D eigenvalue weighted by atomic mass is 19.1. The number of hydrogen-bond donors (Lipinski definition) is 0. The number of aryl methyl sites for hydroxylation is 1. The molecule has 31 heavy (non-hydrogen) atoms. The second-order valence-electron chi connectivity index (χ2n) is 7.75. The minimum absolute atomic E-state index is 0.163. The molecule has 1 atom stereocenters. The summed E-state index contributed by atoms with van der Waals surface area (Å²) in [5.74, 6) is -0.480. The molecule has 0 fully saturated rings. The van der Waals surface area contributed by atoms with Gasteiger partial charge in [0, 0.05) is 30.0 Å². The summed E-state index contributed by atoms with van der Waals surface area (Å²) in [5.41, 5.74) is 3.66. The molecule has 1 amide bonds. The average molecular weight is 415 g/mol. The van der Waals surface area contributed by atoms with Gasteiger partial charge in [-0.25, -0.2) is 9.40 Å². The van der Waals surface area contributed by atoms with Gasteiger partial charge in [0.15, 0.2) is 0 Å². The molecule has 1 aliphatic rings. The number of hydrogen-bond acceptors (Lipinski definition) is 4. The normalized spacial score (nSPS) is 15.4. The van der Waals surface area contributed by atoms with Crippen LogP contribution in [0.1, 0.15) is 42.0 Å². The van der Waals surface area contributed by atoms with Crippen molar-refractivity contribution in [2.45, 2.75) is 38.8 Å². The minimum Gasteiger partial charge on any atom is -0.273 e. The molecule has 0 saturated heterocycles. The number of rotatable bonds is 6. The Bertz CT molecular complexity index is 1240. The molecule has 1 unspecified atom stereocenters. The van der Waals surface area contributed by atoms with Crippen LogP contribution in [0, 0.1) is 24.1 Å². The van der Waals surface area contributed by atoms with Crippen molar-refractivity contribution in [3.63, 3.8) is 0 Å². The Morgan fingerprint density at radius 2 is 2.13 bits per heavy atom. The third-order valence-electron chi connectivity index (χ3n) is 5.44. The van der Waals surface area contributed by atoms with E-state index in [9.17, 15) is 9.18 Å². The van der Waals surface area contributed by atoms with Gasteiger partial charge in [0.2, 0.25) is 5.91 Å². The van der Waals surface area contributed by atoms with E-state index in [1.807, 2.05) is 23.7 Å². The van der Waals surface area contributed by atoms with Crippen LogP contribution in [-0.4, -0.2) is 26.9 Å². The number of carbonyl (C=O) groups excluding carboxylic acids is 1. The molecule has 156 valence electrons. The summed E-state index contributed by atoms with van der Waals surface area (Å²) in [4.78, 5) is 12.8. The van der Waals surface area contributed by atoms with Crippen LogP contribution in [0.15, 0.2) is 59.8 Å². The zero-order chi connectivity index (χ0) is 22.0. The Morgan fingerprint density at radius 1 is 1.29 bits per heavy atom. The molecule has 0 saturated carbocycles. The van der Waals surface area contributed by atoms with E-state index in [2.05, 4.69) is 22.8 Å². The van der Waals surface area contributed by atoms with E-state index in [1.165, 1.54) is 11.1 Å². The third kappa shape index (κ3) is 4.24. The van der Waals surface area contributed by atoms with Crippen LogP contribution in [0.25, 0.3) is 10.9 Å². The third-order valence-corrected chi connectivity index (χ3v) is 5.44. The first kappa shape index (κ1) is 20.5. The molecule has 6 nitrogen and oxygen atoms in total. The van der Waals surface area contributed by atoms with Crippen LogP contribution in [0.2, 0.25) is 0 Å². The summed E-state index contributed by atoms with van der Waals surface area (Å²) in [6, 6.07) is 12.2. The fourth-order valence-corrected chi connectivity index (χ4v) is 3.79. The van der Waals surface area contributed by atoms with Crippen LogP contribution in [-0.2, 0) is 11.3 Å². The topological polar surface area (TPSA) is 74.3 Å². The van der Waals surface area contributed by atoms with Crippen LogP contribution in [0.4, 0.5) is 4.39 Å². The molecule has 4 rings (SSSR count). The number of nitriles is 1. The van der Waals surface area contributed by atoms with E-state index in [-0.39, 0.29) is 18.1 Å². The van der Waals surface area contributed by atoms with Gasteiger partial charge in [-0.15, -0.1) is 0 Å². The van der Waals surface area contributed by atoms with E-state index >= 15 is 0 Å². The first-order valence-electron chi connectivity index (χ1n) is 10.1. The van der Waals surface area contributed by atoms with Gasteiger partial charge >= 0.3 is 0 Å². The van der Waals surface area contributed by atoms with Crippen molar-refractivity contribution in [2.24, 2.45) is 5.10 Å². The Kier molecular flexibility index (Phi) is 5.63. The van der Waals surface area contributed by atoms with Crippen molar-refractivity contribution in [3.8, 4) is 6.07 Å². The maximum atomic E-state index is 14.4. The standard InChI is InChI=1S/C24H22FN5O/c1-16-3-6-20(21(25)11-16)23-9-10-27-30(23)24(31)8-4-17(2)15-29-22-7-5-18(13-26)12-19(22)14-28-29/h3,5-7,10-12,14,23H,2,4,8-9,15H2,1H3. The lowest BCUT2D eigenvalue weighted by Gasteiger charge is -2.23. The number of fused-ring (bicyclic) bond motifs is 1. The van der Waals surface area contributed by atoms with Crippen LogP contribution in [0.5, 0.6) is 0 Å². The molecule has 1 aliphatic heterocycles. The highest BCUT2D eigenvalue weighted by molar-refractivity contribution is 5.81. The molecule has 7 heteroatoms. The molecular formula is C24H22FN5O. The van der Waals surface area contributed by atoms with Gasteiger partial charge in [-0.05, 0) is 43.2 Å².